The molecule has 1 rings (SSSR count). The van der Waals surface area contributed by atoms with Crippen LogP contribution in [-0.4, -0.2) is 12.6 Å². The van der Waals surface area contributed by atoms with E-state index in [1.165, 1.54) is 51.5 Å². The SMILES string of the molecule is CCCC1CCC(CNC(C)C)C(CCC(C)(C)C)C1. The molecule has 0 aliphatic heterocycles. The van der Waals surface area contributed by atoms with Crippen LogP contribution in [0.15, 0.2) is 0 Å². The van der Waals surface area contributed by atoms with Crippen LogP contribution in [0.1, 0.15) is 86.5 Å². The standard InChI is InChI=1S/C19H39N/c1-7-8-16-9-10-18(14-20-15(2)3)17(13-16)11-12-19(4,5)6/h15-18,20H,7-14H2,1-6H3. The summed E-state index contributed by atoms with van der Waals surface area (Å²) in [6, 6.07) is 0.631. The third-order valence-electron chi connectivity index (χ3n) is 5.00. The van der Waals surface area contributed by atoms with Gasteiger partial charge in [0.05, 0.1) is 0 Å². The molecule has 1 nitrogen and oxygen atoms in total. The van der Waals surface area contributed by atoms with Crippen molar-refractivity contribution < 1.29 is 0 Å². The molecule has 120 valence electrons. The van der Waals surface area contributed by atoms with Gasteiger partial charge >= 0.3 is 0 Å². The first-order valence-corrected chi connectivity index (χ1v) is 9.05. The fraction of sp³-hybridized carbons (Fsp3) is 1.00. The van der Waals surface area contributed by atoms with Crippen molar-refractivity contribution in [2.45, 2.75) is 92.5 Å². The summed E-state index contributed by atoms with van der Waals surface area (Å²) in [5.74, 6) is 2.90. The van der Waals surface area contributed by atoms with E-state index in [9.17, 15) is 0 Å². The van der Waals surface area contributed by atoms with Crippen molar-refractivity contribution in [2.24, 2.45) is 23.2 Å². The third kappa shape index (κ3) is 7.11. The van der Waals surface area contributed by atoms with Gasteiger partial charge in [-0.15, -0.1) is 0 Å². The zero-order chi connectivity index (χ0) is 15.2. The zero-order valence-electron chi connectivity index (χ0n) is 15.0. The molecule has 0 amide bonds. The van der Waals surface area contributed by atoms with Gasteiger partial charge in [0, 0.05) is 6.04 Å². The minimum Gasteiger partial charge on any atom is -0.314 e. The Kier molecular flexibility index (Phi) is 7.58. The Hall–Kier alpha value is -0.0400. The average molecular weight is 282 g/mol. The van der Waals surface area contributed by atoms with Gasteiger partial charge in [0.15, 0.2) is 0 Å². The summed E-state index contributed by atoms with van der Waals surface area (Å²) in [7, 11) is 0. The minimum absolute atomic E-state index is 0.494. The molecule has 0 aromatic heterocycles. The first kappa shape index (κ1) is 18.0. The van der Waals surface area contributed by atoms with Crippen LogP contribution in [0, 0.1) is 23.2 Å². The molecule has 3 atom stereocenters. The normalized spacial score (nSPS) is 28.1. The minimum atomic E-state index is 0.494. The largest absolute Gasteiger partial charge is 0.314 e. The van der Waals surface area contributed by atoms with Gasteiger partial charge in [-0.3, -0.25) is 0 Å². The highest BCUT2D eigenvalue weighted by atomic mass is 14.9. The van der Waals surface area contributed by atoms with E-state index in [0.717, 1.165) is 17.8 Å². The molecule has 1 fully saturated rings. The summed E-state index contributed by atoms with van der Waals surface area (Å²) >= 11 is 0. The number of hydrogen-bond acceptors (Lipinski definition) is 1. The lowest BCUT2D eigenvalue weighted by molar-refractivity contribution is 0.143. The Labute approximate surface area is 128 Å². The molecule has 0 radical (unpaired) electrons. The maximum Gasteiger partial charge on any atom is 0.00104 e. The van der Waals surface area contributed by atoms with Crippen LogP contribution < -0.4 is 5.32 Å². The van der Waals surface area contributed by atoms with Crippen LogP contribution in [0.2, 0.25) is 0 Å². The topological polar surface area (TPSA) is 12.0 Å². The summed E-state index contributed by atoms with van der Waals surface area (Å²) in [6.45, 7) is 15.3. The predicted octanol–water partition coefficient (Wildman–Crippen LogP) is 5.64. The summed E-state index contributed by atoms with van der Waals surface area (Å²) in [5.41, 5.74) is 0.494. The Bertz CT molecular complexity index is 251. The van der Waals surface area contributed by atoms with Crippen molar-refractivity contribution in [3.8, 4) is 0 Å². The first-order valence-electron chi connectivity index (χ1n) is 9.05. The second-order valence-electron chi connectivity index (χ2n) is 8.65. The average Bonchev–Trinajstić information content (AvgIpc) is 2.34. The van der Waals surface area contributed by atoms with Crippen molar-refractivity contribution in [2.75, 3.05) is 6.54 Å². The second-order valence-corrected chi connectivity index (χ2v) is 8.65. The van der Waals surface area contributed by atoms with Crippen LogP contribution in [-0.2, 0) is 0 Å². The van der Waals surface area contributed by atoms with Crippen LogP contribution in [0.25, 0.3) is 0 Å². The smallest absolute Gasteiger partial charge is 0.00104 e. The summed E-state index contributed by atoms with van der Waals surface area (Å²) in [6.07, 6.45) is 10.1. The maximum atomic E-state index is 3.69. The number of nitrogens with one attached hydrogen (secondary N) is 1. The zero-order valence-corrected chi connectivity index (χ0v) is 15.0. The van der Waals surface area contributed by atoms with E-state index >= 15 is 0 Å². The molecule has 20 heavy (non-hydrogen) atoms. The highest BCUT2D eigenvalue weighted by Crippen LogP contribution is 2.40. The highest BCUT2D eigenvalue weighted by molar-refractivity contribution is 4.83. The summed E-state index contributed by atoms with van der Waals surface area (Å²) < 4.78 is 0. The van der Waals surface area contributed by atoms with Gasteiger partial charge in [-0.25, -0.2) is 0 Å². The van der Waals surface area contributed by atoms with Crippen LogP contribution in [0.4, 0.5) is 0 Å². The van der Waals surface area contributed by atoms with Gasteiger partial charge in [-0.05, 0) is 55.4 Å². The van der Waals surface area contributed by atoms with Crippen molar-refractivity contribution in [1.29, 1.82) is 0 Å². The molecule has 0 saturated heterocycles. The highest BCUT2D eigenvalue weighted by Gasteiger charge is 2.30. The fourth-order valence-corrected chi connectivity index (χ4v) is 3.72. The number of rotatable bonds is 7. The fourth-order valence-electron chi connectivity index (χ4n) is 3.72. The Morgan fingerprint density at radius 3 is 2.30 bits per heavy atom. The second kappa shape index (κ2) is 8.41. The summed E-state index contributed by atoms with van der Waals surface area (Å²) in [5, 5.41) is 3.69. The van der Waals surface area contributed by atoms with Crippen molar-refractivity contribution in [1.82, 2.24) is 5.32 Å². The molecule has 1 saturated carbocycles. The van der Waals surface area contributed by atoms with Crippen LogP contribution >= 0.6 is 0 Å². The van der Waals surface area contributed by atoms with E-state index in [2.05, 4.69) is 46.9 Å². The van der Waals surface area contributed by atoms with E-state index in [1.807, 2.05) is 0 Å². The first-order chi connectivity index (χ1) is 9.31. The van der Waals surface area contributed by atoms with E-state index in [4.69, 9.17) is 0 Å². The summed E-state index contributed by atoms with van der Waals surface area (Å²) in [4.78, 5) is 0. The van der Waals surface area contributed by atoms with Crippen LogP contribution in [0.5, 0.6) is 0 Å². The van der Waals surface area contributed by atoms with Crippen LogP contribution in [0.3, 0.4) is 0 Å². The molecule has 1 heteroatoms. The Balaban J connectivity index is 2.52. The molecule has 0 aromatic carbocycles. The molecule has 1 aliphatic carbocycles. The maximum absolute atomic E-state index is 3.69. The Morgan fingerprint density at radius 1 is 1.05 bits per heavy atom. The molecular formula is C19H39N. The van der Waals surface area contributed by atoms with Crippen molar-refractivity contribution in [3.05, 3.63) is 0 Å². The molecule has 0 bridgehead atoms. The van der Waals surface area contributed by atoms with Gasteiger partial charge in [0.1, 0.15) is 0 Å². The van der Waals surface area contributed by atoms with E-state index in [0.29, 0.717) is 11.5 Å². The van der Waals surface area contributed by atoms with E-state index in [1.54, 1.807) is 0 Å². The lowest BCUT2D eigenvalue weighted by Crippen LogP contribution is -2.36. The molecular weight excluding hydrogens is 242 g/mol. The molecule has 0 heterocycles. The lowest BCUT2D eigenvalue weighted by atomic mass is 9.69. The van der Waals surface area contributed by atoms with Gasteiger partial charge < -0.3 is 5.32 Å². The molecule has 1 N–H and O–H groups in total. The quantitative estimate of drug-likeness (QED) is 0.636. The molecule has 1 aliphatic rings. The van der Waals surface area contributed by atoms with Crippen molar-refractivity contribution >= 4 is 0 Å². The van der Waals surface area contributed by atoms with E-state index < -0.39 is 0 Å². The number of hydrogen-bond donors (Lipinski definition) is 1. The predicted molar refractivity (Wildman–Crippen MR) is 91.1 cm³/mol. The van der Waals surface area contributed by atoms with Gasteiger partial charge in [0.25, 0.3) is 0 Å². The van der Waals surface area contributed by atoms with Gasteiger partial charge in [0.2, 0.25) is 0 Å². The van der Waals surface area contributed by atoms with Gasteiger partial charge in [-0.2, -0.15) is 0 Å². The molecule has 0 spiro atoms. The molecule has 3 unspecified atom stereocenters. The monoisotopic (exact) mass is 281 g/mol. The van der Waals surface area contributed by atoms with E-state index in [-0.39, 0.29) is 0 Å². The third-order valence-corrected chi connectivity index (χ3v) is 5.00. The van der Waals surface area contributed by atoms with Gasteiger partial charge in [-0.1, -0.05) is 60.8 Å². The molecule has 0 aromatic rings. The van der Waals surface area contributed by atoms with Crippen molar-refractivity contribution in [3.63, 3.8) is 0 Å². The lowest BCUT2D eigenvalue weighted by Gasteiger charge is -2.38. The Morgan fingerprint density at radius 2 is 1.75 bits per heavy atom.